The Balaban J connectivity index is 2.32. The monoisotopic (exact) mass is 286 g/mol. The van der Waals surface area contributed by atoms with Gasteiger partial charge < -0.3 is 10.5 Å². The van der Waals surface area contributed by atoms with Crippen molar-refractivity contribution in [1.82, 2.24) is 0 Å². The first-order valence-electron chi connectivity index (χ1n) is 6.79. The summed E-state index contributed by atoms with van der Waals surface area (Å²) >= 11 is 0. The average Bonchev–Trinajstić information content (AvgIpc) is 2.48. The molecule has 0 fully saturated rings. The van der Waals surface area contributed by atoms with Gasteiger partial charge >= 0.3 is 5.69 Å². The van der Waals surface area contributed by atoms with E-state index >= 15 is 0 Å². The van der Waals surface area contributed by atoms with E-state index in [9.17, 15) is 10.1 Å². The van der Waals surface area contributed by atoms with Gasteiger partial charge in [-0.25, -0.2) is 0 Å². The molecule has 0 bridgehead atoms. The Labute approximate surface area is 123 Å². The van der Waals surface area contributed by atoms with Crippen LogP contribution in [0.15, 0.2) is 42.5 Å². The minimum absolute atomic E-state index is 0.0415. The van der Waals surface area contributed by atoms with Crippen molar-refractivity contribution in [2.24, 2.45) is 5.73 Å². The van der Waals surface area contributed by atoms with Crippen LogP contribution in [-0.4, -0.2) is 4.92 Å². The molecule has 1 unspecified atom stereocenters. The van der Waals surface area contributed by atoms with E-state index in [2.05, 4.69) is 0 Å². The van der Waals surface area contributed by atoms with Gasteiger partial charge in [-0.15, -0.1) is 0 Å². The molecule has 5 heteroatoms. The molecule has 0 heterocycles. The Morgan fingerprint density at radius 1 is 1.29 bits per heavy atom. The molecule has 5 nitrogen and oxygen atoms in total. The summed E-state index contributed by atoms with van der Waals surface area (Å²) in [6, 6.07) is 12.2. The highest BCUT2D eigenvalue weighted by Crippen LogP contribution is 2.32. The number of nitrogens with zero attached hydrogens (tertiary/aromatic N) is 1. The molecule has 1 atom stereocenters. The van der Waals surface area contributed by atoms with Crippen LogP contribution in [0.3, 0.4) is 0 Å². The number of aryl methyl sites for hydroxylation is 1. The topological polar surface area (TPSA) is 78.4 Å². The van der Waals surface area contributed by atoms with Crippen LogP contribution in [0.5, 0.6) is 11.5 Å². The molecule has 21 heavy (non-hydrogen) atoms. The van der Waals surface area contributed by atoms with Crippen molar-refractivity contribution in [1.29, 1.82) is 0 Å². The molecule has 2 aromatic rings. The normalized spacial score (nSPS) is 12.0. The number of nitro benzene ring substituents is 1. The fourth-order valence-corrected chi connectivity index (χ4v) is 2.03. The van der Waals surface area contributed by atoms with Crippen molar-refractivity contribution in [3.05, 3.63) is 63.7 Å². The van der Waals surface area contributed by atoms with E-state index in [-0.39, 0.29) is 17.5 Å². The molecule has 0 amide bonds. The maximum absolute atomic E-state index is 11.1. The number of hydrogen-bond donors (Lipinski definition) is 1. The molecule has 2 N–H and O–H groups in total. The standard InChI is InChI=1S/C16H18N2O3/c1-3-14(17)12-5-4-6-13(10-12)21-16-8-7-11(2)9-15(16)18(19)20/h4-10,14H,3,17H2,1-2H3. The van der Waals surface area contributed by atoms with Crippen LogP contribution >= 0.6 is 0 Å². The Morgan fingerprint density at radius 2 is 2.05 bits per heavy atom. The average molecular weight is 286 g/mol. The number of nitro groups is 1. The Morgan fingerprint density at radius 3 is 2.71 bits per heavy atom. The Bertz CT molecular complexity index is 656. The van der Waals surface area contributed by atoms with Gasteiger partial charge in [0.2, 0.25) is 5.75 Å². The van der Waals surface area contributed by atoms with Crippen LogP contribution in [-0.2, 0) is 0 Å². The van der Waals surface area contributed by atoms with Gasteiger partial charge in [-0.1, -0.05) is 25.1 Å². The van der Waals surface area contributed by atoms with Gasteiger partial charge in [-0.3, -0.25) is 10.1 Å². The minimum atomic E-state index is -0.441. The van der Waals surface area contributed by atoms with E-state index in [1.54, 1.807) is 25.1 Å². The van der Waals surface area contributed by atoms with Crippen molar-refractivity contribution >= 4 is 5.69 Å². The molecule has 0 saturated carbocycles. The quantitative estimate of drug-likeness (QED) is 0.662. The highest BCUT2D eigenvalue weighted by molar-refractivity contribution is 5.50. The minimum Gasteiger partial charge on any atom is -0.450 e. The molecule has 0 aliphatic rings. The summed E-state index contributed by atoms with van der Waals surface area (Å²) in [5, 5.41) is 11.1. The van der Waals surface area contributed by atoms with Gasteiger partial charge in [0.25, 0.3) is 0 Å². The highest BCUT2D eigenvalue weighted by Gasteiger charge is 2.16. The third-order valence-corrected chi connectivity index (χ3v) is 3.27. The second-order valence-electron chi connectivity index (χ2n) is 4.92. The molecular formula is C16H18N2O3. The lowest BCUT2D eigenvalue weighted by atomic mass is 10.1. The van der Waals surface area contributed by atoms with Crippen LogP contribution < -0.4 is 10.5 Å². The molecule has 2 rings (SSSR count). The predicted octanol–water partition coefficient (Wildman–Crippen LogP) is 4.11. The van der Waals surface area contributed by atoms with Crippen molar-refractivity contribution in [2.75, 3.05) is 0 Å². The third-order valence-electron chi connectivity index (χ3n) is 3.27. The van der Waals surface area contributed by atoms with Crippen LogP contribution in [0.1, 0.15) is 30.5 Å². The number of nitrogens with two attached hydrogens (primary N) is 1. The summed E-state index contributed by atoms with van der Waals surface area (Å²) in [6.45, 7) is 3.81. The van der Waals surface area contributed by atoms with Gasteiger partial charge in [0.1, 0.15) is 5.75 Å². The summed E-state index contributed by atoms with van der Waals surface area (Å²) in [5.41, 5.74) is 7.71. The van der Waals surface area contributed by atoms with E-state index in [1.165, 1.54) is 6.07 Å². The van der Waals surface area contributed by atoms with Gasteiger partial charge in [0, 0.05) is 12.1 Å². The van der Waals surface area contributed by atoms with E-state index in [0.717, 1.165) is 17.5 Å². The fourth-order valence-electron chi connectivity index (χ4n) is 2.03. The van der Waals surface area contributed by atoms with Gasteiger partial charge in [0.15, 0.2) is 0 Å². The lowest BCUT2D eigenvalue weighted by Gasteiger charge is -2.12. The molecule has 0 aliphatic carbocycles. The van der Waals surface area contributed by atoms with Crippen LogP contribution in [0.25, 0.3) is 0 Å². The van der Waals surface area contributed by atoms with Gasteiger partial charge in [-0.05, 0) is 42.7 Å². The second-order valence-corrected chi connectivity index (χ2v) is 4.92. The Hall–Kier alpha value is -2.40. The molecular weight excluding hydrogens is 268 g/mol. The third kappa shape index (κ3) is 3.58. The first-order chi connectivity index (χ1) is 10.0. The number of rotatable bonds is 5. The zero-order valence-electron chi connectivity index (χ0n) is 12.1. The molecule has 0 radical (unpaired) electrons. The SMILES string of the molecule is CCC(N)c1cccc(Oc2ccc(C)cc2[N+](=O)[O-])c1. The van der Waals surface area contributed by atoms with Crippen molar-refractivity contribution in [3.8, 4) is 11.5 Å². The number of ether oxygens (including phenoxy) is 1. The zero-order chi connectivity index (χ0) is 15.4. The fraction of sp³-hybridized carbons (Fsp3) is 0.250. The lowest BCUT2D eigenvalue weighted by Crippen LogP contribution is -2.08. The van der Waals surface area contributed by atoms with Gasteiger partial charge in [0.05, 0.1) is 4.92 Å². The molecule has 0 spiro atoms. The number of hydrogen-bond acceptors (Lipinski definition) is 4. The summed E-state index contributed by atoms with van der Waals surface area (Å²) in [4.78, 5) is 10.7. The van der Waals surface area contributed by atoms with Crippen LogP contribution in [0, 0.1) is 17.0 Å². The zero-order valence-corrected chi connectivity index (χ0v) is 12.1. The number of benzene rings is 2. The summed E-state index contributed by atoms with van der Waals surface area (Å²) in [7, 11) is 0. The lowest BCUT2D eigenvalue weighted by molar-refractivity contribution is -0.385. The van der Waals surface area contributed by atoms with Gasteiger partial charge in [-0.2, -0.15) is 0 Å². The van der Waals surface area contributed by atoms with Crippen molar-refractivity contribution in [2.45, 2.75) is 26.3 Å². The first-order valence-corrected chi connectivity index (χ1v) is 6.79. The van der Waals surface area contributed by atoms with E-state index in [0.29, 0.717) is 5.75 Å². The summed E-state index contributed by atoms with van der Waals surface area (Å²) in [5.74, 6) is 0.774. The van der Waals surface area contributed by atoms with E-state index in [4.69, 9.17) is 10.5 Å². The predicted molar refractivity (Wildman–Crippen MR) is 81.6 cm³/mol. The highest BCUT2D eigenvalue weighted by atomic mass is 16.6. The van der Waals surface area contributed by atoms with E-state index < -0.39 is 4.92 Å². The van der Waals surface area contributed by atoms with Crippen LogP contribution in [0.2, 0.25) is 0 Å². The smallest absolute Gasteiger partial charge is 0.311 e. The van der Waals surface area contributed by atoms with Crippen molar-refractivity contribution < 1.29 is 9.66 Å². The first kappa shape index (κ1) is 15.0. The summed E-state index contributed by atoms with van der Waals surface area (Å²) in [6.07, 6.45) is 0.814. The molecule has 110 valence electrons. The summed E-state index contributed by atoms with van der Waals surface area (Å²) < 4.78 is 5.66. The molecule has 0 saturated heterocycles. The Kier molecular flexibility index (Phi) is 4.55. The molecule has 0 aromatic heterocycles. The molecule has 2 aromatic carbocycles. The maximum Gasteiger partial charge on any atom is 0.311 e. The second kappa shape index (κ2) is 6.37. The van der Waals surface area contributed by atoms with E-state index in [1.807, 2.05) is 25.1 Å². The van der Waals surface area contributed by atoms with Crippen molar-refractivity contribution in [3.63, 3.8) is 0 Å². The largest absolute Gasteiger partial charge is 0.450 e. The van der Waals surface area contributed by atoms with Crippen LogP contribution in [0.4, 0.5) is 5.69 Å². The molecule has 0 aliphatic heterocycles. The maximum atomic E-state index is 11.1.